The number of hydrogen-bond acceptors (Lipinski definition) is 0. The average Bonchev–Trinajstić information content (AvgIpc) is 2.73. The summed E-state index contributed by atoms with van der Waals surface area (Å²) in [4.78, 5) is 0. The van der Waals surface area contributed by atoms with Crippen LogP contribution >= 0.6 is 0 Å². The van der Waals surface area contributed by atoms with E-state index < -0.39 is 0 Å². The number of hydrogen-bond donors (Lipinski definition) is 0. The first-order chi connectivity index (χ1) is 12.9. The Balaban J connectivity index is 1.74. The number of fused-ring (bicyclic) bond motifs is 2. The Morgan fingerprint density at radius 1 is 0.346 bits per heavy atom. The standard InChI is InChI=1S/C26H18/c1-2-8-19(9-3-1)21-16-17-24-22(18-21)12-7-15-26(24)25-14-6-11-20-10-4-5-13-23(20)25/h1-18H. The molecule has 0 heteroatoms. The van der Waals surface area contributed by atoms with E-state index in [1.807, 2.05) is 0 Å². The molecule has 0 heterocycles. The molecule has 122 valence electrons. The van der Waals surface area contributed by atoms with Gasteiger partial charge in [-0.25, -0.2) is 0 Å². The molecule has 0 saturated heterocycles. The van der Waals surface area contributed by atoms with Crippen molar-refractivity contribution in [3.63, 3.8) is 0 Å². The van der Waals surface area contributed by atoms with Crippen LogP contribution in [0.2, 0.25) is 0 Å². The molecule has 0 spiro atoms. The van der Waals surface area contributed by atoms with Crippen molar-refractivity contribution >= 4 is 21.5 Å². The quantitative estimate of drug-likeness (QED) is 0.318. The molecule has 0 saturated carbocycles. The summed E-state index contributed by atoms with van der Waals surface area (Å²) in [5.74, 6) is 0. The van der Waals surface area contributed by atoms with Crippen LogP contribution in [0.25, 0.3) is 43.8 Å². The Kier molecular flexibility index (Phi) is 3.54. The summed E-state index contributed by atoms with van der Waals surface area (Å²) in [5, 5.41) is 5.15. The lowest BCUT2D eigenvalue weighted by Gasteiger charge is -2.11. The highest BCUT2D eigenvalue weighted by Crippen LogP contribution is 2.35. The molecular weight excluding hydrogens is 312 g/mol. The summed E-state index contributed by atoms with van der Waals surface area (Å²) < 4.78 is 0. The summed E-state index contributed by atoms with van der Waals surface area (Å²) in [5.41, 5.74) is 5.10. The normalized spacial score (nSPS) is 11.1. The molecule has 0 N–H and O–H groups in total. The summed E-state index contributed by atoms with van der Waals surface area (Å²) in [7, 11) is 0. The Hall–Kier alpha value is -3.38. The highest BCUT2D eigenvalue weighted by molar-refractivity contribution is 6.06. The van der Waals surface area contributed by atoms with Crippen LogP contribution in [0.4, 0.5) is 0 Å². The molecule has 0 radical (unpaired) electrons. The maximum absolute atomic E-state index is 2.29. The van der Waals surface area contributed by atoms with Gasteiger partial charge in [0.1, 0.15) is 0 Å². The first-order valence-electron chi connectivity index (χ1n) is 8.96. The van der Waals surface area contributed by atoms with Gasteiger partial charge in [-0.2, -0.15) is 0 Å². The Labute approximate surface area is 153 Å². The fourth-order valence-corrected chi connectivity index (χ4v) is 3.79. The summed E-state index contributed by atoms with van der Waals surface area (Å²) in [6.45, 7) is 0. The van der Waals surface area contributed by atoms with Gasteiger partial charge in [-0.1, -0.05) is 103 Å². The second kappa shape index (κ2) is 6.16. The van der Waals surface area contributed by atoms with E-state index in [1.165, 1.54) is 43.8 Å². The fourth-order valence-electron chi connectivity index (χ4n) is 3.79. The van der Waals surface area contributed by atoms with Crippen molar-refractivity contribution in [1.82, 2.24) is 0 Å². The molecule has 0 amide bonds. The summed E-state index contributed by atoms with van der Waals surface area (Å²) >= 11 is 0. The SMILES string of the molecule is c1ccc(-c2ccc3c(-c4cccc5ccccc45)cccc3c2)cc1. The predicted octanol–water partition coefficient (Wildman–Crippen LogP) is 7.33. The van der Waals surface area contributed by atoms with Crippen molar-refractivity contribution in [2.45, 2.75) is 0 Å². The molecule has 0 bridgehead atoms. The van der Waals surface area contributed by atoms with Gasteiger partial charge in [-0.3, -0.25) is 0 Å². The number of benzene rings is 5. The van der Waals surface area contributed by atoms with Gasteiger partial charge in [0.25, 0.3) is 0 Å². The molecule has 0 atom stereocenters. The van der Waals surface area contributed by atoms with Crippen molar-refractivity contribution in [1.29, 1.82) is 0 Å². The topological polar surface area (TPSA) is 0 Å². The average molecular weight is 330 g/mol. The monoisotopic (exact) mass is 330 g/mol. The molecule has 5 rings (SSSR count). The van der Waals surface area contributed by atoms with Gasteiger partial charge in [-0.05, 0) is 49.9 Å². The zero-order chi connectivity index (χ0) is 17.3. The lowest BCUT2D eigenvalue weighted by Crippen LogP contribution is -1.85. The zero-order valence-corrected chi connectivity index (χ0v) is 14.4. The van der Waals surface area contributed by atoms with Gasteiger partial charge >= 0.3 is 0 Å². The second-order valence-corrected chi connectivity index (χ2v) is 6.63. The van der Waals surface area contributed by atoms with E-state index in [4.69, 9.17) is 0 Å². The zero-order valence-electron chi connectivity index (χ0n) is 14.4. The van der Waals surface area contributed by atoms with Gasteiger partial charge < -0.3 is 0 Å². The minimum absolute atomic E-state index is 1.25. The molecule has 26 heavy (non-hydrogen) atoms. The van der Waals surface area contributed by atoms with Crippen LogP contribution in [-0.2, 0) is 0 Å². The van der Waals surface area contributed by atoms with E-state index in [-0.39, 0.29) is 0 Å². The molecular formula is C26H18. The molecule has 0 fully saturated rings. The third kappa shape index (κ3) is 2.48. The van der Waals surface area contributed by atoms with Gasteiger partial charge in [0, 0.05) is 0 Å². The highest BCUT2D eigenvalue weighted by atomic mass is 14.1. The first kappa shape index (κ1) is 14.9. The lowest BCUT2D eigenvalue weighted by atomic mass is 9.92. The lowest BCUT2D eigenvalue weighted by molar-refractivity contribution is 1.64. The van der Waals surface area contributed by atoms with E-state index in [9.17, 15) is 0 Å². The smallest absolute Gasteiger partial charge is 0.00992 e. The fraction of sp³-hybridized carbons (Fsp3) is 0. The van der Waals surface area contributed by atoms with Crippen LogP contribution in [0, 0.1) is 0 Å². The van der Waals surface area contributed by atoms with Crippen LogP contribution in [0.3, 0.4) is 0 Å². The largest absolute Gasteiger partial charge is 0.0622 e. The molecule has 5 aromatic carbocycles. The maximum atomic E-state index is 2.29. The minimum atomic E-state index is 1.25. The van der Waals surface area contributed by atoms with Crippen molar-refractivity contribution in [2.24, 2.45) is 0 Å². The second-order valence-electron chi connectivity index (χ2n) is 6.63. The van der Waals surface area contributed by atoms with Gasteiger partial charge in [0.15, 0.2) is 0 Å². The number of rotatable bonds is 2. The predicted molar refractivity (Wildman–Crippen MR) is 112 cm³/mol. The van der Waals surface area contributed by atoms with Crippen LogP contribution in [0.15, 0.2) is 109 Å². The van der Waals surface area contributed by atoms with E-state index in [0.29, 0.717) is 0 Å². The van der Waals surface area contributed by atoms with Gasteiger partial charge in [-0.15, -0.1) is 0 Å². The van der Waals surface area contributed by atoms with Crippen molar-refractivity contribution in [2.75, 3.05) is 0 Å². The molecule has 0 aromatic heterocycles. The first-order valence-corrected chi connectivity index (χ1v) is 8.96. The van der Waals surface area contributed by atoms with Crippen LogP contribution in [-0.4, -0.2) is 0 Å². The van der Waals surface area contributed by atoms with Crippen LogP contribution in [0.1, 0.15) is 0 Å². The summed E-state index contributed by atoms with van der Waals surface area (Å²) in [6, 6.07) is 39.1. The molecule has 0 aliphatic carbocycles. The van der Waals surface area contributed by atoms with Crippen molar-refractivity contribution in [3.05, 3.63) is 109 Å². The molecule has 5 aromatic rings. The molecule has 0 nitrogen and oxygen atoms in total. The third-order valence-corrected chi connectivity index (χ3v) is 5.07. The Morgan fingerprint density at radius 3 is 1.77 bits per heavy atom. The molecule has 0 aliphatic heterocycles. The molecule has 0 unspecified atom stereocenters. The molecule has 0 aliphatic rings. The van der Waals surface area contributed by atoms with E-state index in [1.54, 1.807) is 0 Å². The van der Waals surface area contributed by atoms with Crippen LogP contribution < -0.4 is 0 Å². The van der Waals surface area contributed by atoms with Crippen LogP contribution in [0.5, 0.6) is 0 Å². The highest BCUT2D eigenvalue weighted by Gasteiger charge is 2.08. The Bertz CT molecular complexity index is 1210. The maximum Gasteiger partial charge on any atom is -0.00992 e. The van der Waals surface area contributed by atoms with Crippen molar-refractivity contribution < 1.29 is 0 Å². The summed E-state index contributed by atoms with van der Waals surface area (Å²) in [6.07, 6.45) is 0. The van der Waals surface area contributed by atoms with Gasteiger partial charge in [0.05, 0.1) is 0 Å². The van der Waals surface area contributed by atoms with Crippen molar-refractivity contribution in [3.8, 4) is 22.3 Å². The van der Waals surface area contributed by atoms with E-state index >= 15 is 0 Å². The Morgan fingerprint density at radius 2 is 0.962 bits per heavy atom. The minimum Gasteiger partial charge on any atom is -0.0622 e. The third-order valence-electron chi connectivity index (χ3n) is 5.07. The van der Waals surface area contributed by atoms with E-state index in [0.717, 1.165) is 0 Å². The van der Waals surface area contributed by atoms with E-state index in [2.05, 4.69) is 109 Å². The van der Waals surface area contributed by atoms with Gasteiger partial charge in [0.2, 0.25) is 0 Å².